The molecule has 1 aliphatic rings. The molecule has 1 fully saturated rings. The van der Waals surface area contributed by atoms with E-state index in [0.717, 1.165) is 11.3 Å². The zero-order valence-electron chi connectivity index (χ0n) is 14.0. The van der Waals surface area contributed by atoms with E-state index in [1.54, 1.807) is 11.0 Å². The third kappa shape index (κ3) is 4.53. The number of amides is 2. The molecule has 126 valence electrons. The van der Waals surface area contributed by atoms with Crippen LogP contribution in [0.2, 0.25) is 0 Å². The summed E-state index contributed by atoms with van der Waals surface area (Å²) in [7, 11) is 0. The molecule has 2 rings (SSSR count). The van der Waals surface area contributed by atoms with E-state index >= 15 is 0 Å². The van der Waals surface area contributed by atoms with Crippen molar-refractivity contribution in [3.63, 3.8) is 0 Å². The van der Waals surface area contributed by atoms with Crippen LogP contribution in [0.3, 0.4) is 0 Å². The first-order valence-electron chi connectivity index (χ1n) is 7.93. The minimum absolute atomic E-state index is 0.0462. The van der Waals surface area contributed by atoms with Crippen molar-refractivity contribution in [2.75, 3.05) is 30.0 Å². The van der Waals surface area contributed by atoms with Gasteiger partial charge in [0.05, 0.1) is 12.6 Å². The van der Waals surface area contributed by atoms with Crippen LogP contribution < -0.4 is 16.0 Å². The first-order valence-corrected chi connectivity index (χ1v) is 7.93. The topological polar surface area (TPSA) is 84.7 Å². The maximum atomic E-state index is 12.1. The molecule has 23 heavy (non-hydrogen) atoms. The molecular formula is C17H25N3O3. The lowest BCUT2D eigenvalue weighted by atomic mass is 10.0. The fourth-order valence-corrected chi connectivity index (χ4v) is 2.66. The standard InChI is InChI=1S/C17H25N3O3/c1-11(2)8-14(18)17(22)19-13-4-5-15(12(3)9-13)20-6-7-23-10-16(20)21/h4-5,9,11,14H,6-8,10,18H2,1-3H3,(H,19,22). The van der Waals surface area contributed by atoms with Crippen LogP contribution in [0.25, 0.3) is 0 Å². The molecule has 1 heterocycles. The van der Waals surface area contributed by atoms with Crippen molar-refractivity contribution in [3.8, 4) is 0 Å². The fraction of sp³-hybridized carbons (Fsp3) is 0.529. The van der Waals surface area contributed by atoms with E-state index in [1.807, 2.05) is 32.9 Å². The number of nitrogens with two attached hydrogens (primary N) is 1. The predicted octanol–water partition coefficient (Wildman–Crippen LogP) is 1.67. The SMILES string of the molecule is Cc1cc(NC(=O)C(N)CC(C)C)ccc1N1CCOCC1=O. The molecule has 6 heteroatoms. The average Bonchev–Trinajstić information content (AvgIpc) is 2.48. The normalized spacial score (nSPS) is 16.6. The summed E-state index contributed by atoms with van der Waals surface area (Å²) in [6.07, 6.45) is 0.644. The second-order valence-corrected chi connectivity index (χ2v) is 6.32. The lowest BCUT2D eigenvalue weighted by Crippen LogP contribution is -2.42. The third-order valence-electron chi connectivity index (χ3n) is 3.80. The van der Waals surface area contributed by atoms with Crippen molar-refractivity contribution < 1.29 is 14.3 Å². The lowest BCUT2D eigenvalue weighted by molar-refractivity contribution is -0.125. The predicted molar refractivity (Wildman–Crippen MR) is 90.4 cm³/mol. The number of carbonyl (C=O) groups excluding carboxylic acids is 2. The molecule has 2 amide bonds. The second kappa shape index (κ2) is 7.57. The van der Waals surface area contributed by atoms with Gasteiger partial charge in [-0.2, -0.15) is 0 Å². The number of nitrogens with one attached hydrogen (secondary N) is 1. The zero-order valence-corrected chi connectivity index (χ0v) is 14.0. The van der Waals surface area contributed by atoms with Gasteiger partial charge < -0.3 is 20.7 Å². The molecule has 1 unspecified atom stereocenters. The molecule has 1 aliphatic heterocycles. The van der Waals surface area contributed by atoms with Gasteiger partial charge in [0, 0.05) is 17.9 Å². The summed E-state index contributed by atoms with van der Waals surface area (Å²) in [6.45, 7) is 7.18. The van der Waals surface area contributed by atoms with Crippen LogP contribution in [0.15, 0.2) is 18.2 Å². The van der Waals surface area contributed by atoms with E-state index in [9.17, 15) is 9.59 Å². The fourth-order valence-electron chi connectivity index (χ4n) is 2.66. The summed E-state index contributed by atoms with van der Waals surface area (Å²) in [6, 6.07) is 4.99. The molecule has 0 saturated carbocycles. The number of rotatable bonds is 5. The van der Waals surface area contributed by atoms with Crippen LogP contribution in [0, 0.1) is 12.8 Å². The number of ether oxygens (including phenoxy) is 1. The van der Waals surface area contributed by atoms with Crippen LogP contribution in [0.4, 0.5) is 11.4 Å². The van der Waals surface area contributed by atoms with E-state index in [1.165, 1.54) is 0 Å². The molecule has 3 N–H and O–H groups in total. The van der Waals surface area contributed by atoms with Crippen LogP contribution in [0.5, 0.6) is 0 Å². The zero-order chi connectivity index (χ0) is 17.0. The monoisotopic (exact) mass is 319 g/mol. The van der Waals surface area contributed by atoms with Gasteiger partial charge in [0.15, 0.2) is 0 Å². The number of aryl methyl sites for hydroxylation is 1. The van der Waals surface area contributed by atoms with E-state index < -0.39 is 6.04 Å². The van der Waals surface area contributed by atoms with Gasteiger partial charge in [0.1, 0.15) is 6.61 Å². The van der Waals surface area contributed by atoms with Crippen LogP contribution >= 0.6 is 0 Å². The number of nitrogens with zero attached hydrogens (tertiary/aromatic N) is 1. The highest BCUT2D eigenvalue weighted by Gasteiger charge is 2.22. The summed E-state index contributed by atoms with van der Waals surface area (Å²) in [5, 5.41) is 2.84. The van der Waals surface area contributed by atoms with Crippen LogP contribution in [0.1, 0.15) is 25.8 Å². The van der Waals surface area contributed by atoms with Gasteiger partial charge >= 0.3 is 0 Å². The van der Waals surface area contributed by atoms with Crippen molar-refractivity contribution in [1.29, 1.82) is 0 Å². The highest BCUT2D eigenvalue weighted by atomic mass is 16.5. The van der Waals surface area contributed by atoms with Crippen LogP contribution in [-0.4, -0.2) is 37.6 Å². The molecule has 0 aliphatic carbocycles. The average molecular weight is 319 g/mol. The highest BCUT2D eigenvalue weighted by molar-refractivity contribution is 5.97. The molecule has 0 radical (unpaired) electrons. The molecule has 1 aromatic carbocycles. The Morgan fingerprint density at radius 3 is 2.78 bits per heavy atom. The molecule has 1 saturated heterocycles. The number of morpholine rings is 1. The number of anilines is 2. The van der Waals surface area contributed by atoms with Gasteiger partial charge in [-0.15, -0.1) is 0 Å². The first kappa shape index (κ1) is 17.4. The molecular weight excluding hydrogens is 294 g/mol. The van der Waals surface area contributed by atoms with Crippen molar-refractivity contribution in [3.05, 3.63) is 23.8 Å². The van der Waals surface area contributed by atoms with E-state index in [-0.39, 0.29) is 18.4 Å². The van der Waals surface area contributed by atoms with Gasteiger partial charge in [-0.3, -0.25) is 9.59 Å². The van der Waals surface area contributed by atoms with E-state index in [4.69, 9.17) is 10.5 Å². The Kier molecular flexibility index (Phi) is 5.74. The summed E-state index contributed by atoms with van der Waals surface area (Å²) >= 11 is 0. The molecule has 0 bridgehead atoms. The summed E-state index contributed by atoms with van der Waals surface area (Å²) < 4.78 is 5.15. The molecule has 6 nitrogen and oxygen atoms in total. The van der Waals surface area contributed by atoms with Gasteiger partial charge in [-0.1, -0.05) is 13.8 Å². The van der Waals surface area contributed by atoms with Gasteiger partial charge in [0.2, 0.25) is 5.91 Å². The Balaban J connectivity index is 2.07. The molecule has 1 aromatic rings. The molecule has 0 aromatic heterocycles. The lowest BCUT2D eigenvalue weighted by Gasteiger charge is -2.28. The van der Waals surface area contributed by atoms with Gasteiger partial charge in [-0.05, 0) is 43.0 Å². The number of hydrogen-bond acceptors (Lipinski definition) is 4. The minimum atomic E-state index is -0.518. The quantitative estimate of drug-likeness (QED) is 0.864. The maximum Gasteiger partial charge on any atom is 0.253 e. The number of carbonyl (C=O) groups is 2. The Morgan fingerprint density at radius 1 is 1.43 bits per heavy atom. The highest BCUT2D eigenvalue weighted by Crippen LogP contribution is 2.25. The maximum absolute atomic E-state index is 12.1. The van der Waals surface area contributed by atoms with Crippen molar-refractivity contribution in [2.45, 2.75) is 33.2 Å². The Morgan fingerprint density at radius 2 is 2.17 bits per heavy atom. The summed E-state index contributed by atoms with van der Waals surface area (Å²) in [5.41, 5.74) is 8.36. The van der Waals surface area contributed by atoms with Crippen molar-refractivity contribution >= 4 is 23.2 Å². The van der Waals surface area contributed by atoms with Gasteiger partial charge in [0.25, 0.3) is 5.91 Å². The Hall–Kier alpha value is -1.92. The summed E-state index contributed by atoms with van der Waals surface area (Å²) in [4.78, 5) is 25.7. The summed E-state index contributed by atoms with van der Waals surface area (Å²) in [5.74, 6) is 0.135. The van der Waals surface area contributed by atoms with Crippen molar-refractivity contribution in [1.82, 2.24) is 0 Å². The second-order valence-electron chi connectivity index (χ2n) is 6.32. The van der Waals surface area contributed by atoms with Crippen molar-refractivity contribution in [2.24, 2.45) is 11.7 Å². The Labute approximate surface area is 137 Å². The number of benzene rings is 1. The minimum Gasteiger partial charge on any atom is -0.370 e. The van der Waals surface area contributed by atoms with Gasteiger partial charge in [-0.25, -0.2) is 0 Å². The smallest absolute Gasteiger partial charge is 0.253 e. The van der Waals surface area contributed by atoms with Crippen LogP contribution in [-0.2, 0) is 14.3 Å². The largest absolute Gasteiger partial charge is 0.370 e. The van der Waals surface area contributed by atoms with E-state index in [0.29, 0.717) is 31.2 Å². The third-order valence-corrected chi connectivity index (χ3v) is 3.80. The molecule has 0 spiro atoms. The first-order chi connectivity index (χ1) is 10.9. The Bertz CT molecular complexity index is 586. The number of hydrogen-bond donors (Lipinski definition) is 2. The molecule has 1 atom stereocenters. The van der Waals surface area contributed by atoms with E-state index in [2.05, 4.69) is 5.32 Å².